The number of ether oxygens (including phenoxy) is 2. The first kappa shape index (κ1) is 50.5. The number of aliphatic hydroxyl groups is 3. The Bertz CT molecular complexity index is 818. The zero-order valence-corrected chi connectivity index (χ0v) is 34.2. The lowest BCUT2D eigenvalue weighted by molar-refractivity contribution is -0.188. The zero-order chi connectivity index (χ0) is 38.5. The fourth-order valence-corrected chi connectivity index (χ4v) is 6.85. The van der Waals surface area contributed by atoms with E-state index in [2.05, 4.69) is 13.8 Å². The van der Waals surface area contributed by atoms with Crippen molar-refractivity contribution in [2.45, 2.75) is 257 Å². The fraction of sp³-hybridized carbons (Fsp3) is 0.932. The number of carbonyl (C=O) groups is 3. The predicted molar refractivity (Wildman–Crippen MR) is 213 cm³/mol. The summed E-state index contributed by atoms with van der Waals surface area (Å²) in [5.41, 5.74) is 0. The molecule has 0 aliphatic carbocycles. The van der Waals surface area contributed by atoms with Crippen LogP contribution in [0.15, 0.2) is 0 Å². The van der Waals surface area contributed by atoms with E-state index in [-0.39, 0.29) is 19.3 Å². The van der Waals surface area contributed by atoms with E-state index in [1.807, 2.05) is 0 Å². The molecule has 0 amide bonds. The Kier molecular flexibility index (Phi) is 36.7. The van der Waals surface area contributed by atoms with E-state index in [4.69, 9.17) is 9.47 Å². The fourth-order valence-electron chi connectivity index (χ4n) is 6.85. The average Bonchev–Trinajstić information content (AvgIpc) is 3.15. The molecule has 0 bridgehead atoms. The molecular formula is C44H84O8. The van der Waals surface area contributed by atoms with Gasteiger partial charge in [0.1, 0.15) is 12.2 Å². The Morgan fingerprint density at radius 1 is 0.442 bits per heavy atom. The smallest absolute Gasteiger partial charge is 0.306 e. The van der Waals surface area contributed by atoms with Crippen LogP contribution in [0.5, 0.6) is 0 Å². The number of hydrogen-bond donors (Lipinski definition) is 3. The third-order valence-corrected chi connectivity index (χ3v) is 10.4. The van der Waals surface area contributed by atoms with Gasteiger partial charge in [0.05, 0.1) is 6.61 Å². The first-order valence-electron chi connectivity index (χ1n) is 22.2. The SMILES string of the molecule is CCCCCCCCCCCCCCCCCC(=O)O[C@@H]([C@H](O)[C@H](O)CO)[C@@H](OC(=O)CCCCCCCCCCCCCCCCC)C(=O)CC. The molecule has 0 fully saturated rings. The average molecular weight is 741 g/mol. The standard InChI is InChI=1S/C44H84O8/c1-4-7-9-11-13-15-17-19-21-23-25-27-29-31-33-35-40(48)51-43(38(46)6-3)44(42(50)39(47)37-45)52-41(49)36-34-32-30-28-26-24-22-20-18-16-14-12-10-8-5-2/h39,42-45,47,50H,4-37H2,1-3H3/t39-,42-,43+,44+/m1/s1. The van der Waals surface area contributed by atoms with Crippen molar-refractivity contribution in [3.63, 3.8) is 0 Å². The molecule has 0 radical (unpaired) electrons. The van der Waals surface area contributed by atoms with E-state index in [1.165, 1.54) is 141 Å². The first-order chi connectivity index (χ1) is 25.3. The van der Waals surface area contributed by atoms with Crippen LogP contribution in [0.25, 0.3) is 0 Å². The van der Waals surface area contributed by atoms with Crippen molar-refractivity contribution in [3.8, 4) is 0 Å². The van der Waals surface area contributed by atoms with Gasteiger partial charge in [0, 0.05) is 19.3 Å². The van der Waals surface area contributed by atoms with Crippen LogP contribution in [0, 0.1) is 0 Å². The number of aliphatic hydroxyl groups excluding tert-OH is 3. The van der Waals surface area contributed by atoms with E-state index in [0.29, 0.717) is 12.8 Å². The van der Waals surface area contributed by atoms with Crippen LogP contribution >= 0.6 is 0 Å². The van der Waals surface area contributed by atoms with E-state index in [1.54, 1.807) is 6.92 Å². The van der Waals surface area contributed by atoms with Gasteiger partial charge in [-0.25, -0.2) is 0 Å². The molecule has 8 heteroatoms. The van der Waals surface area contributed by atoms with Gasteiger partial charge in [0.15, 0.2) is 18.0 Å². The summed E-state index contributed by atoms with van der Waals surface area (Å²) in [5, 5.41) is 30.4. The van der Waals surface area contributed by atoms with Crippen LogP contribution in [0.2, 0.25) is 0 Å². The largest absolute Gasteiger partial charge is 0.455 e. The van der Waals surface area contributed by atoms with Crippen LogP contribution in [0.4, 0.5) is 0 Å². The molecule has 0 aromatic heterocycles. The number of unbranched alkanes of at least 4 members (excludes halogenated alkanes) is 28. The highest BCUT2D eigenvalue weighted by atomic mass is 16.6. The summed E-state index contributed by atoms with van der Waals surface area (Å²) in [5.74, 6) is -1.74. The molecule has 0 unspecified atom stereocenters. The van der Waals surface area contributed by atoms with Gasteiger partial charge in [-0.05, 0) is 12.8 Å². The summed E-state index contributed by atoms with van der Waals surface area (Å²) in [6, 6.07) is 0. The van der Waals surface area contributed by atoms with Crippen LogP contribution in [0.3, 0.4) is 0 Å². The Morgan fingerprint density at radius 2 is 0.731 bits per heavy atom. The highest BCUT2D eigenvalue weighted by molar-refractivity contribution is 5.86. The lowest BCUT2D eigenvalue weighted by Gasteiger charge is -2.31. The zero-order valence-electron chi connectivity index (χ0n) is 34.2. The minimum atomic E-state index is -1.78. The Labute approximate surface area is 320 Å². The van der Waals surface area contributed by atoms with Crippen LogP contribution in [-0.4, -0.2) is 64.1 Å². The van der Waals surface area contributed by atoms with Gasteiger partial charge < -0.3 is 24.8 Å². The van der Waals surface area contributed by atoms with Crippen molar-refractivity contribution in [2.24, 2.45) is 0 Å². The molecule has 0 aromatic carbocycles. The third kappa shape index (κ3) is 29.9. The molecule has 8 nitrogen and oxygen atoms in total. The van der Waals surface area contributed by atoms with Crippen molar-refractivity contribution >= 4 is 17.7 Å². The van der Waals surface area contributed by atoms with Gasteiger partial charge >= 0.3 is 11.9 Å². The number of Topliss-reactive ketones (excluding diaryl/α,β-unsaturated/α-hetero) is 1. The predicted octanol–water partition coefficient (Wildman–Crippen LogP) is 11.0. The van der Waals surface area contributed by atoms with Gasteiger partial charge in [-0.15, -0.1) is 0 Å². The molecule has 0 aromatic rings. The van der Waals surface area contributed by atoms with Gasteiger partial charge in [0.25, 0.3) is 0 Å². The molecule has 0 spiro atoms. The van der Waals surface area contributed by atoms with E-state index in [0.717, 1.165) is 38.5 Å². The summed E-state index contributed by atoms with van der Waals surface area (Å²) in [6.45, 7) is 5.30. The minimum Gasteiger partial charge on any atom is -0.455 e. The number of carbonyl (C=O) groups excluding carboxylic acids is 3. The number of hydrogen-bond acceptors (Lipinski definition) is 8. The Balaban J connectivity index is 4.42. The van der Waals surface area contributed by atoms with Crippen molar-refractivity contribution in [1.82, 2.24) is 0 Å². The molecule has 4 atom stereocenters. The van der Waals surface area contributed by atoms with Crippen LogP contribution in [0.1, 0.15) is 233 Å². The first-order valence-corrected chi connectivity index (χ1v) is 22.2. The minimum absolute atomic E-state index is 0.00799. The maximum Gasteiger partial charge on any atom is 0.306 e. The van der Waals surface area contributed by atoms with E-state index < -0.39 is 48.7 Å². The summed E-state index contributed by atoms with van der Waals surface area (Å²) >= 11 is 0. The number of rotatable bonds is 40. The third-order valence-electron chi connectivity index (χ3n) is 10.4. The quantitative estimate of drug-likeness (QED) is 0.0418. The highest BCUT2D eigenvalue weighted by Gasteiger charge is 2.41. The number of esters is 2. The Morgan fingerprint density at radius 3 is 1.02 bits per heavy atom. The molecule has 0 saturated carbocycles. The van der Waals surface area contributed by atoms with E-state index >= 15 is 0 Å². The normalized spacial score (nSPS) is 13.8. The van der Waals surface area contributed by atoms with Crippen molar-refractivity contribution in [2.75, 3.05) is 6.61 Å². The molecule has 0 aliphatic rings. The van der Waals surface area contributed by atoms with Gasteiger partial charge in [0.2, 0.25) is 0 Å². The molecule has 0 heterocycles. The molecule has 0 rings (SSSR count). The molecule has 0 aliphatic heterocycles. The van der Waals surface area contributed by atoms with Crippen molar-refractivity contribution < 1.29 is 39.2 Å². The lowest BCUT2D eigenvalue weighted by atomic mass is 9.98. The summed E-state index contributed by atoms with van der Waals surface area (Å²) < 4.78 is 11.0. The molecule has 0 saturated heterocycles. The van der Waals surface area contributed by atoms with Gasteiger partial charge in [-0.2, -0.15) is 0 Å². The second-order valence-electron chi connectivity index (χ2n) is 15.3. The highest BCUT2D eigenvalue weighted by Crippen LogP contribution is 2.20. The van der Waals surface area contributed by atoms with Crippen LogP contribution in [-0.2, 0) is 23.9 Å². The maximum atomic E-state index is 12.9. The molecule has 308 valence electrons. The summed E-state index contributed by atoms with van der Waals surface area (Å²) in [6.07, 6.45) is 29.9. The van der Waals surface area contributed by atoms with Crippen LogP contribution < -0.4 is 0 Å². The lowest BCUT2D eigenvalue weighted by Crippen LogP contribution is -2.52. The maximum absolute atomic E-state index is 12.9. The van der Waals surface area contributed by atoms with Gasteiger partial charge in [-0.3, -0.25) is 14.4 Å². The topological polar surface area (TPSA) is 130 Å². The summed E-state index contributed by atoms with van der Waals surface area (Å²) in [7, 11) is 0. The Hall–Kier alpha value is -1.51. The molecular weight excluding hydrogens is 656 g/mol. The molecule has 3 N–H and O–H groups in total. The molecule has 52 heavy (non-hydrogen) atoms. The second-order valence-corrected chi connectivity index (χ2v) is 15.3. The number of ketones is 1. The second kappa shape index (κ2) is 37.8. The summed E-state index contributed by atoms with van der Waals surface area (Å²) in [4.78, 5) is 38.5. The monoisotopic (exact) mass is 741 g/mol. The van der Waals surface area contributed by atoms with Crippen molar-refractivity contribution in [1.29, 1.82) is 0 Å². The van der Waals surface area contributed by atoms with E-state index in [9.17, 15) is 29.7 Å². The van der Waals surface area contributed by atoms with Crippen molar-refractivity contribution in [3.05, 3.63) is 0 Å². The van der Waals surface area contributed by atoms with Gasteiger partial charge in [-0.1, -0.05) is 201 Å².